The van der Waals surface area contributed by atoms with E-state index in [2.05, 4.69) is 40.7 Å². The second kappa shape index (κ2) is 15.7. The summed E-state index contributed by atoms with van der Waals surface area (Å²) in [6.45, 7) is 4.79. The van der Waals surface area contributed by atoms with Crippen molar-refractivity contribution in [2.75, 3.05) is 39.5 Å². The topological polar surface area (TPSA) is 115 Å². The lowest BCUT2D eigenvalue weighted by atomic mass is 9.75. The molecule has 2 amide bonds. The molecule has 10 rings (SSSR count). The highest BCUT2D eigenvalue weighted by Gasteiger charge is 2.36. The molecule has 3 atom stereocenters. The number of benzene rings is 2. The highest BCUT2D eigenvalue weighted by atomic mass is 16.5. The number of fused-ring (bicyclic) bond motifs is 6. The third-order valence-corrected chi connectivity index (χ3v) is 14.4. The van der Waals surface area contributed by atoms with Gasteiger partial charge >= 0.3 is 5.97 Å². The summed E-state index contributed by atoms with van der Waals surface area (Å²) in [4.78, 5) is 39.0. The van der Waals surface area contributed by atoms with E-state index in [1.165, 1.54) is 71.9 Å². The van der Waals surface area contributed by atoms with Crippen molar-refractivity contribution in [2.45, 2.75) is 89.5 Å². The van der Waals surface area contributed by atoms with Gasteiger partial charge in [0.15, 0.2) is 0 Å². The first-order valence-corrected chi connectivity index (χ1v) is 21.4. The summed E-state index contributed by atoms with van der Waals surface area (Å²) in [5, 5.41) is 14.8. The second-order valence-corrected chi connectivity index (χ2v) is 17.7. The van der Waals surface area contributed by atoms with Gasteiger partial charge in [0.1, 0.15) is 0 Å². The Labute approximate surface area is 329 Å². The van der Waals surface area contributed by atoms with Gasteiger partial charge in [-0.05, 0) is 155 Å². The van der Waals surface area contributed by atoms with Crippen LogP contribution in [0.3, 0.4) is 0 Å². The molecule has 2 N–H and O–H groups in total. The number of nitrogens with zero attached hydrogens (tertiary/aromatic N) is 3. The van der Waals surface area contributed by atoms with E-state index in [1.807, 2.05) is 23.1 Å². The molecule has 2 aromatic heterocycles. The normalized spacial score (nSPS) is 24.4. The maximum atomic E-state index is 13.4. The van der Waals surface area contributed by atoms with E-state index in [9.17, 15) is 19.5 Å². The van der Waals surface area contributed by atoms with E-state index >= 15 is 0 Å². The smallest absolute Gasteiger partial charge is 0.335 e. The molecular formula is C46H58N4O6. The molecule has 4 fully saturated rings. The largest absolute Gasteiger partial charge is 0.478 e. The summed E-state index contributed by atoms with van der Waals surface area (Å²) in [5.41, 5.74) is 9.20. The van der Waals surface area contributed by atoms with Crippen LogP contribution in [-0.4, -0.2) is 82.5 Å². The molecule has 10 heteroatoms. The predicted octanol–water partition coefficient (Wildman–Crippen LogP) is 6.86. The van der Waals surface area contributed by atoms with Crippen LogP contribution in [0.4, 0.5) is 0 Å². The third kappa shape index (κ3) is 7.28. The van der Waals surface area contributed by atoms with Crippen molar-refractivity contribution in [3.8, 4) is 0 Å². The fourth-order valence-corrected chi connectivity index (χ4v) is 10.9. The molecule has 3 unspecified atom stereocenters. The second-order valence-electron chi connectivity index (χ2n) is 17.7. The van der Waals surface area contributed by atoms with Gasteiger partial charge < -0.3 is 33.9 Å². The fourth-order valence-electron chi connectivity index (χ4n) is 10.9. The van der Waals surface area contributed by atoms with Crippen LogP contribution in [0.5, 0.6) is 0 Å². The molecule has 3 aliphatic heterocycles. The van der Waals surface area contributed by atoms with Crippen LogP contribution in [0.15, 0.2) is 36.4 Å². The van der Waals surface area contributed by atoms with E-state index < -0.39 is 5.97 Å². The summed E-state index contributed by atoms with van der Waals surface area (Å²) in [5.74, 6) is 2.23. The zero-order valence-corrected chi connectivity index (χ0v) is 33.2. The van der Waals surface area contributed by atoms with Crippen molar-refractivity contribution in [3.05, 3.63) is 70.0 Å². The van der Waals surface area contributed by atoms with Crippen LogP contribution in [0.1, 0.15) is 101 Å². The molecule has 2 aromatic carbocycles. The molecule has 10 nitrogen and oxygen atoms in total. The van der Waals surface area contributed by atoms with Crippen molar-refractivity contribution in [1.82, 2.24) is 19.4 Å². The number of aryl methyl sites for hydroxylation is 2. The van der Waals surface area contributed by atoms with Gasteiger partial charge in [0.25, 0.3) is 5.91 Å². The number of rotatable bonds is 6. The van der Waals surface area contributed by atoms with Crippen LogP contribution in [0.2, 0.25) is 0 Å². The third-order valence-electron chi connectivity index (χ3n) is 14.4. The lowest BCUT2D eigenvalue weighted by molar-refractivity contribution is -0.124. The maximum Gasteiger partial charge on any atom is 0.335 e. The average Bonchev–Trinajstić information content (AvgIpc) is 3.72. The Morgan fingerprint density at radius 3 is 1.70 bits per heavy atom. The first-order valence-electron chi connectivity index (χ1n) is 21.4. The standard InChI is InChI=1S/C27H35N3O3.C19H23NO3/c1-29-24-6-2-18(17-9-12-33-13-10-17)14-22(24)23-15-19(3-7-25(23)29)27(32)30-11-8-20(16-30)26(31)28-21-4-5-21;1-20-17-4-2-13(12-6-8-23-9-7-12)10-15(17)16-11-14(19(21)22)3-5-18(16)20/h3,7,15,17-18,20-21H,2,4-6,8-14,16H2,1H3,(H,28,31);3,5,11-13H,2,4,6-10H2,1H3,(H,21,22). The quantitative estimate of drug-likeness (QED) is 0.222. The van der Waals surface area contributed by atoms with Crippen molar-refractivity contribution >= 4 is 39.6 Å². The van der Waals surface area contributed by atoms with Crippen LogP contribution >= 0.6 is 0 Å². The number of carboxylic acid groups (broad SMARTS) is 1. The Bertz CT molecular complexity index is 2130. The zero-order chi connectivity index (χ0) is 38.5. The van der Waals surface area contributed by atoms with Crippen LogP contribution in [0, 0.1) is 29.6 Å². The highest BCUT2D eigenvalue weighted by Crippen LogP contribution is 2.41. The van der Waals surface area contributed by atoms with Crippen LogP contribution < -0.4 is 5.32 Å². The summed E-state index contributed by atoms with van der Waals surface area (Å²) in [7, 11) is 4.28. The zero-order valence-electron chi connectivity index (χ0n) is 33.2. The summed E-state index contributed by atoms with van der Waals surface area (Å²) in [6, 6.07) is 12.1. The number of amides is 2. The minimum atomic E-state index is -0.846. The predicted molar refractivity (Wildman–Crippen MR) is 216 cm³/mol. The number of likely N-dealkylation sites (tertiary alicyclic amines) is 1. The van der Waals surface area contributed by atoms with Crippen LogP contribution in [0.25, 0.3) is 21.8 Å². The molecule has 0 radical (unpaired) electrons. The number of ether oxygens (including phenoxy) is 2. The Morgan fingerprint density at radius 1 is 0.661 bits per heavy atom. The summed E-state index contributed by atoms with van der Waals surface area (Å²) >= 11 is 0. The molecule has 3 aliphatic carbocycles. The number of carboxylic acids is 1. The minimum Gasteiger partial charge on any atom is -0.478 e. The number of aromatic nitrogens is 2. The van der Waals surface area contributed by atoms with E-state index in [4.69, 9.17) is 9.47 Å². The molecule has 298 valence electrons. The molecule has 0 bridgehead atoms. The Hall–Kier alpha value is -4.15. The maximum absolute atomic E-state index is 13.4. The van der Waals surface area contributed by atoms with E-state index in [0.29, 0.717) is 30.6 Å². The van der Waals surface area contributed by atoms with Crippen molar-refractivity contribution < 1.29 is 29.0 Å². The van der Waals surface area contributed by atoms with Gasteiger partial charge in [-0.2, -0.15) is 0 Å². The fraction of sp³-hybridized carbons (Fsp3) is 0.587. The monoisotopic (exact) mass is 762 g/mol. The number of hydrogen-bond donors (Lipinski definition) is 2. The molecule has 4 aromatic rings. The van der Waals surface area contributed by atoms with Crippen molar-refractivity contribution in [2.24, 2.45) is 43.7 Å². The van der Waals surface area contributed by atoms with Gasteiger partial charge in [-0.3, -0.25) is 9.59 Å². The number of carbonyl (C=O) groups excluding carboxylic acids is 2. The van der Waals surface area contributed by atoms with Crippen molar-refractivity contribution in [1.29, 1.82) is 0 Å². The lowest BCUT2D eigenvalue weighted by Gasteiger charge is -2.33. The first-order chi connectivity index (χ1) is 27.2. The average molecular weight is 763 g/mol. The number of hydrogen-bond acceptors (Lipinski definition) is 5. The molecule has 1 saturated carbocycles. The number of carbonyl (C=O) groups is 3. The van der Waals surface area contributed by atoms with E-state index in [1.54, 1.807) is 6.07 Å². The van der Waals surface area contributed by atoms with Gasteiger partial charge in [-0.1, -0.05) is 0 Å². The van der Waals surface area contributed by atoms with Gasteiger partial charge in [-0.15, -0.1) is 0 Å². The van der Waals surface area contributed by atoms with E-state index in [-0.39, 0.29) is 17.7 Å². The van der Waals surface area contributed by atoms with E-state index in [0.717, 1.165) is 106 Å². The Morgan fingerprint density at radius 2 is 1.18 bits per heavy atom. The molecule has 3 saturated heterocycles. The number of nitrogens with one attached hydrogen (secondary N) is 1. The first kappa shape index (κ1) is 37.4. The Balaban J connectivity index is 0.000000156. The summed E-state index contributed by atoms with van der Waals surface area (Å²) in [6.07, 6.45) is 14.6. The minimum absolute atomic E-state index is 0.0630. The van der Waals surface area contributed by atoms with Crippen molar-refractivity contribution in [3.63, 3.8) is 0 Å². The summed E-state index contributed by atoms with van der Waals surface area (Å²) < 4.78 is 15.7. The highest BCUT2D eigenvalue weighted by molar-refractivity contribution is 6.00. The number of aromatic carboxylic acids is 1. The lowest BCUT2D eigenvalue weighted by Crippen LogP contribution is -2.35. The van der Waals surface area contributed by atoms with Gasteiger partial charge in [0.05, 0.1) is 11.5 Å². The molecular weight excluding hydrogens is 705 g/mol. The van der Waals surface area contributed by atoms with Gasteiger partial charge in [0.2, 0.25) is 5.91 Å². The Kier molecular flexibility index (Phi) is 10.5. The molecule has 5 heterocycles. The SMILES string of the molecule is Cn1c2c(c3cc(C(=O)N4CCC(C(=O)NC5CC5)C4)ccc31)CC(C1CCOCC1)CC2.Cn1c2c(c3cc(C(=O)O)ccc31)CC(C1CCOCC1)CC2. The molecule has 56 heavy (non-hydrogen) atoms. The van der Waals surface area contributed by atoms with Crippen LogP contribution in [-0.2, 0) is 54.0 Å². The van der Waals surface area contributed by atoms with Gasteiger partial charge in [-0.25, -0.2) is 4.79 Å². The van der Waals surface area contributed by atoms with Gasteiger partial charge in [0, 0.05) is 98.4 Å². The molecule has 6 aliphatic rings. The molecule has 0 spiro atoms.